The summed E-state index contributed by atoms with van der Waals surface area (Å²) >= 11 is 0. The maximum absolute atomic E-state index is 12.1. The molecule has 0 amide bonds. The summed E-state index contributed by atoms with van der Waals surface area (Å²) in [6.45, 7) is 6.33. The lowest BCUT2D eigenvalue weighted by Gasteiger charge is -2.27. The van der Waals surface area contributed by atoms with Gasteiger partial charge in [-0.25, -0.2) is 4.79 Å². The predicted molar refractivity (Wildman–Crippen MR) is 96.6 cm³/mol. The first-order valence-electron chi connectivity index (χ1n) is 9.15. The summed E-state index contributed by atoms with van der Waals surface area (Å²) in [5.74, 6) is 1.28. The Kier molecular flexibility index (Phi) is 3.67. The minimum Gasteiger partial charge on any atom is -0.507 e. The highest BCUT2D eigenvalue weighted by Crippen LogP contribution is 2.63. The predicted octanol–water partition coefficient (Wildman–Crippen LogP) is 5.18. The van der Waals surface area contributed by atoms with Crippen LogP contribution in [0.4, 0.5) is 4.79 Å². The molecule has 2 bridgehead atoms. The molecule has 2 aromatic rings. The largest absolute Gasteiger partial charge is 0.513 e. The fraction of sp³-hybridized carbons (Fsp3) is 0.476. The summed E-state index contributed by atoms with van der Waals surface area (Å²) in [6.07, 6.45) is 3.35. The van der Waals surface area contributed by atoms with E-state index < -0.39 is 6.16 Å². The van der Waals surface area contributed by atoms with Crippen LogP contribution in [0.3, 0.4) is 0 Å². The fourth-order valence-electron chi connectivity index (χ4n) is 4.78. The molecule has 2 aromatic carbocycles. The van der Waals surface area contributed by atoms with Gasteiger partial charge < -0.3 is 14.6 Å². The van der Waals surface area contributed by atoms with E-state index in [1.54, 1.807) is 6.92 Å². The zero-order chi connectivity index (χ0) is 17.8. The van der Waals surface area contributed by atoms with Gasteiger partial charge in [-0.1, -0.05) is 26.0 Å². The third kappa shape index (κ3) is 2.30. The van der Waals surface area contributed by atoms with E-state index in [0.717, 1.165) is 53.1 Å². The number of fused-ring (bicyclic) bond motifs is 6. The van der Waals surface area contributed by atoms with Crippen LogP contribution in [0.5, 0.6) is 11.5 Å². The molecular formula is C21H24O4. The van der Waals surface area contributed by atoms with Crippen molar-refractivity contribution in [1.82, 2.24) is 0 Å². The van der Waals surface area contributed by atoms with Crippen LogP contribution in [-0.4, -0.2) is 17.9 Å². The summed E-state index contributed by atoms with van der Waals surface area (Å²) in [6, 6.07) is 5.99. The summed E-state index contributed by atoms with van der Waals surface area (Å²) in [4.78, 5) is 12.1. The lowest BCUT2D eigenvalue weighted by molar-refractivity contribution is 0.104. The van der Waals surface area contributed by atoms with Crippen LogP contribution >= 0.6 is 0 Å². The van der Waals surface area contributed by atoms with Gasteiger partial charge in [0.2, 0.25) is 0 Å². The van der Waals surface area contributed by atoms with E-state index in [2.05, 4.69) is 13.8 Å². The number of hydrogen-bond acceptors (Lipinski definition) is 4. The first-order valence-corrected chi connectivity index (χ1v) is 9.15. The number of hydrogen-bond donors (Lipinski definition) is 1. The molecule has 0 heterocycles. The number of benzene rings is 2. The summed E-state index contributed by atoms with van der Waals surface area (Å²) in [5, 5.41) is 12.6. The Hall–Kier alpha value is -2.23. The quantitative estimate of drug-likeness (QED) is 0.618. The van der Waals surface area contributed by atoms with E-state index in [1.807, 2.05) is 18.2 Å². The standard InChI is InChI=1S/C21H24O4/c1-4-12-6-7-14-15(10-12)19(25-20(23)24-5-2)16-13-8-9-21(3,11-13)17(16)18(14)22/h6-7,10,13,22H,4-5,8-9,11H2,1-3H3. The smallest absolute Gasteiger partial charge is 0.507 e. The Morgan fingerprint density at radius 3 is 2.84 bits per heavy atom. The second-order valence-electron chi connectivity index (χ2n) is 7.49. The second-order valence-corrected chi connectivity index (χ2v) is 7.49. The molecule has 0 saturated heterocycles. The number of carbonyl (C=O) groups is 1. The van der Waals surface area contributed by atoms with Crippen molar-refractivity contribution in [1.29, 1.82) is 0 Å². The third-order valence-corrected chi connectivity index (χ3v) is 5.94. The molecule has 1 fully saturated rings. The maximum atomic E-state index is 12.1. The van der Waals surface area contributed by atoms with Gasteiger partial charge in [0.1, 0.15) is 11.5 Å². The van der Waals surface area contributed by atoms with E-state index >= 15 is 0 Å². The van der Waals surface area contributed by atoms with Gasteiger partial charge in [0.25, 0.3) is 0 Å². The average Bonchev–Trinajstić information content (AvgIpc) is 3.12. The highest BCUT2D eigenvalue weighted by atomic mass is 16.7. The lowest BCUT2D eigenvalue weighted by Crippen LogP contribution is -2.18. The Morgan fingerprint density at radius 1 is 1.32 bits per heavy atom. The van der Waals surface area contributed by atoms with Crippen LogP contribution < -0.4 is 4.74 Å². The van der Waals surface area contributed by atoms with Crippen molar-refractivity contribution in [3.63, 3.8) is 0 Å². The van der Waals surface area contributed by atoms with Crippen molar-refractivity contribution < 1.29 is 19.4 Å². The monoisotopic (exact) mass is 340 g/mol. The number of rotatable bonds is 3. The average molecular weight is 340 g/mol. The van der Waals surface area contributed by atoms with Crippen molar-refractivity contribution >= 4 is 16.9 Å². The van der Waals surface area contributed by atoms with E-state index in [9.17, 15) is 9.90 Å². The lowest BCUT2D eigenvalue weighted by atomic mass is 9.78. The molecule has 2 unspecified atom stereocenters. The number of carbonyl (C=O) groups excluding carboxylic acids is 1. The Balaban J connectivity index is 2.01. The van der Waals surface area contributed by atoms with Crippen LogP contribution in [0.1, 0.15) is 62.6 Å². The van der Waals surface area contributed by atoms with Gasteiger partial charge in [-0.2, -0.15) is 0 Å². The molecule has 1 saturated carbocycles. The normalized spacial score (nSPS) is 23.7. The van der Waals surface area contributed by atoms with Gasteiger partial charge in [0, 0.05) is 21.9 Å². The van der Waals surface area contributed by atoms with E-state index in [-0.39, 0.29) is 12.0 Å². The van der Waals surface area contributed by atoms with Crippen molar-refractivity contribution in [3.05, 3.63) is 34.9 Å². The highest BCUT2D eigenvalue weighted by Gasteiger charge is 2.50. The minimum absolute atomic E-state index is 0.0333. The van der Waals surface area contributed by atoms with Crippen molar-refractivity contribution in [2.45, 2.75) is 57.8 Å². The van der Waals surface area contributed by atoms with Gasteiger partial charge in [-0.05, 0) is 55.6 Å². The van der Waals surface area contributed by atoms with Crippen LogP contribution in [0.25, 0.3) is 10.8 Å². The van der Waals surface area contributed by atoms with Crippen molar-refractivity contribution in [2.75, 3.05) is 6.61 Å². The Morgan fingerprint density at radius 2 is 2.12 bits per heavy atom. The molecule has 1 N–H and O–H groups in total. The molecule has 2 atom stereocenters. The second kappa shape index (κ2) is 5.65. The minimum atomic E-state index is -0.675. The Labute approximate surface area is 147 Å². The maximum Gasteiger partial charge on any atom is 0.513 e. The summed E-state index contributed by atoms with van der Waals surface area (Å²) in [7, 11) is 0. The van der Waals surface area contributed by atoms with Crippen molar-refractivity contribution in [3.8, 4) is 11.5 Å². The fourth-order valence-corrected chi connectivity index (χ4v) is 4.78. The van der Waals surface area contributed by atoms with Crippen LogP contribution in [0, 0.1) is 0 Å². The van der Waals surface area contributed by atoms with Gasteiger partial charge in [-0.3, -0.25) is 0 Å². The van der Waals surface area contributed by atoms with Gasteiger partial charge in [0.05, 0.1) is 6.61 Å². The first kappa shape index (κ1) is 16.2. The number of aromatic hydroxyl groups is 1. The molecule has 2 aliphatic carbocycles. The molecule has 0 radical (unpaired) electrons. The highest BCUT2D eigenvalue weighted by molar-refractivity contribution is 5.98. The zero-order valence-corrected chi connectivity index (χ0v) is 15.0. The molecule has 132 valence electrons. The van der Waals surface area contributed by atoms with Gasteiger partial charge in [-0.15, -0.1) is 0 Å². The molecule has 0 aliphatic heterocycles. The first-order chi connectivity index (χ1) is 12.0. The molecule has 0 aromatic heterocycles. The Bertz CT molecular complexity index is 870. The van der Waals surface area contributed by atoms with E-state index in [4.69, 9.17) is 9.47 Å². The van der Waals surface area contributed by atoms with Crippen molar-refractivity contribution in [2.24, 2.45) is 0 Å². The number of aryl methyl sites for hydroxylation is 1. The molecule has 25 heavy (non-hydrogen) atoms. The van der Waals surface area contributed by atoms with E-state index in [0.29, 0.717) is 17.4 Å². The number of phenolic OH excluding ortho intramolecular Hbond substituents is 1. The molecule has 4 rings (SSSR count). The molecule has 0 spiro atoms. The summed E-state index contributed by atoms with van der Waals surface area (Å²) < 4.78 is 10.7. The zero-order valence-electron chi connectivity index (χ0n) is 15.0. The van der Waals surface area contributed by atoms with Crippen LogP contribution in [0.15, 0.2) is 18.2 Å². The molecule has 4 heteroatoms. The molecular weight excluding hydrogens is 316 g/mol. The van der Waals surface area contributed by atoms with E-state index in [1.165, 1.54) is 0 Å². The van der Waals surface area contributed by atoms with Gasteiger partial charge >= 0.3 is 6.16 Å². The number of ether oxygens (including phenoxy) is 2. The molecule has 2 aliphatic rings. The summed E-state index contributed by atoms with van der Waals surface area (Å²) in [5.41, 5.74) is 3.10. The van der Waals surface area contributed by atoms with Crippen LogP contribution in [-0.2, 0) is 16.6 Å². The topological polar surface area (TPSA) is 55.8 Å². The van der Waals surface area contributed by atoms with Gasteiger partial charge in [0.15, 0.2) is 0 Å². The number of phenols is 1. The van der Waals surface area contributed by atoms with Crippen LogP contribution in [0.2, 0.25) is 0 Å². The molecule has 4 nitrogen and oxygen atoms in total. The SMILES string of the molecule is CCOC(=O)Oc1c2c(c(O)c3ccc(CC)cc13)C1(C)CCC2C1. The third-order valence-electron chi connectivity index (χ3n) is 5.94.